The molecule has 0 saturated heterocycles. The lowest BCUT2D eigenvalue weighted by molar-refractivity contribution is 1.36. The molecular weight excluding hydrogens is 1190 g/mol. The Morgan fingerprint density at radius 3 is 0.980 bits per heavy atom. The maximum Gasteiger partial charge on any atom is 0.0972 e. The number of aromatic nitrogens is 8. The molecule has 0 spiro atoms. The summed E-state index contributed by atoms with van der Waals surface area (Å²) >= 11 is 0. The molecule has 0 aliphatic rings. The van der Waals surface area contributed by atoms with Crippen LogP contribution in [0.1, 0.15) is 0 Å². The molecule has 0 saturated carbocycles. The first kappa shape index (κ1) is 57.4. The van der Waals surface area contributed by atoms with Gasteiger partial charge < -0.3 is 0 Å². The van der Waals surface area contributed by atoms with Crippen LogP contribution in [0.3, 0.4) is 0 Å². The van der Waals surface area contributed by atoms with E-state index in [1.807, 2.05) is 55.0 Å². The van der Waals surface area contributed by atoms with Crippen molar-refractivity contribution in [1.29, 1.82) is 0 Å². The molecule has 8 heterocycles. The lowest BCUT2D eigenvalue weighted by Crippen LogP contribution is -1.90. The van der Waals surface area contributed by atoms with E-state index in [0.29, 0.717) is 0 Å². The first-order valence-corrected chi connectivity index (χ1v) is 32.8. The lowest BCUT2D eigenvalue weighted by atomic mass is 9.98. The molecule has 19 rings (SSSR count). The largest absolute Gasteiger partial charge is 0.256 e. The molecule has 0 bridgehead atoms. The fourth-order valence-electron chi connectivity index (χ4n) is 13.5. The standard InChI is InChI=1S/C48H30N4.C42H26N4/c1-9-36(41-15-3-7-32-13-5-25-49-47(32)41)28-38(11-1)43-24-21-40-27-34(20-23-45(40)51-43)35-18-17-31-19-22-44(52-46(31)30-35)39-12-2-10-37(29-39)42-16-4-8-33-14-6-26-50-48(33)42;1-2-6-27(7-3-1)36-22-18-35-24-31(17-21-38(35)44-36)32-14-11-28-15-19-37(45-40(28)26-32)33-8-4-9-34(25-33)39-20-16-30-13-12-29-10-5-23-43-41(29)42(30)46-39/h1-30H;1-26H. The van der Waals surface area contributed by atoms with Crippen LogP contribution in [0, 0.1) is 0 Å². The Kier molecular flexibility index (Phi) is 14.4. The molecule has 0 aliphatic carbocycles. The Bertz CT molecular complexity index is 6340. The Hall–Kier alpha value is -13.3. The molecule has 456 valence electrons. The molecule has 8 heteroatoms. The van der Waals surface area contributed by atoms with Gasteiger partial charge in [0.25, 0.3) is 0 Å². The highest BCUT2D eigenvalue weighted by Crippen LogP contribution is 2.37. The second kappa shape index (κ2) is 24.6. The smallest absolute Gasteiger partial charge is 0.0972 e. The topological polar surface area (TPSA) is 103 Å². The Labute approximate surface area is 564 Å². The number of hydrogen-bond donors (Lipinski definition) is 0. The highest BCUT2D eigenvalue weighted by molar-refractivity contribution is 6.04. The molecule has 98 heavy (non-hydrogen) atoms. The quantitative estimate of drug-likeness (QED) is 0.132. The van der Waals surface area contributed by atoms with E-state index in [1.165, 1.54) is 0 Å². The van der Waals surface area contributed by atoms with E-state index in [9.17, 15) is 0 Å². The van der Waals surface area contributed by atoms with Crippen LogP contribution in [0.4, 0.5) is 0 Å². The van der Waals surface area contributed by atoms with Crippen molar-refractivity contribution in [3.63, 3.8) is 0 Å². The van der Waals surface area contributed by atoms with Crippen LogP contribution in [-0.4, -0.2) is 39.9 Å². The molecule has 0 N–H and O–H groups in total. The number of rotatable bonds is 9. The first-order valence-electron chi connectivity index (χ1n) is 32.8. The highest BCUT2D eigenvalue weighted by Gasteiger charge is 2.15. The molecular formula is C90H56N8. The van der Waals surface area contributed by atoms with Crippen LogP contribution < -0.4 is 0 Å². The van der Waals surface area contributed by atoms with Crippen molar-refractivity contribution in [3.8, 4) is 101 Å². The maximum absolute atomic E-state index is 5.15. The van der Waals surface area contributed by atoms with Crippen LogP contribution >= 0.6 is 0 Å². The molecule has 8 nitrogen and oxygen atoms in total. The van der Waals surface area contributed by atoms with Crippen molar-refractivity contribution in [2.75, 3.05) is 0 Å². The minimum Gasteiger partial charge on any atom is -0.256 e. The van der Waals surface area contributed by atoms with E-state index in [-0.39, 0.29) is 0 Å². The fraction of sp³-hybridized carbons (Fsp3) is 0. The lowest BCUT2D eigenvalue weighted by Gasteiger charge is -2.10. The van der Waals surface area contributed by atoms with Crippen molar-refractivity contribution in [3.05, 3.63) is 340 Å². The second-order valence-electron chi connectivity index (χ2n) is 24.7. The zero-order chi connectivity index (χ0) is 64.9. The molecule has 0 unspecified atom stereocenters. The minimum absolute atomic E-state index is 0.914. The van der Waals surface area contributed by atoms with Crippen LogP contribution in [0.25, 0.3) is 188 Å². The van der Waals surface area contributed by atoms with Gasteiger partial charge in [-0.3, -0.25) is 15.0 Å². The van der Waals surface area contributed by atoms with E-state index >= 15 is 0 Å². The number of hydrogen-bond acceptors (Lipinski definition) is 8. The normalized spacial score (nSPS) is 11.5. The number of pyridine rings is 8. The summed E-state index contributed by atoms with van der Waals surface area (Å²) in [7, 11) is 0. The van der Waals surface area contributed by atoms with E-state index < -0.39 is 0 Å². The molecule has 0 amide bonds. The maximum atomic E-state index is 5.15. The van der Waals surface area contributed by atoms with Crippen molar-refractivity contribution in [2.45, 2.75) is 0 Å². The number of fused-ring (bicyclic) bond motifs is 9. The van der Waals surface area contributed by atoms with Gasteiger partial charge in [-0.2, -0.15) is 0 Å². The molecule has 8 aromatic heterocycles. The number of para-hydroxylation sites is 2. The number of benzene rings is 11. The van der Waals surface area contributed by atoms with Gasteiger partial charge in [0.15, 0.2) is 0 Å². The van der Waals surface area contributed by atoms with Gasteiger partial charge in [0.05, 0.1) is 72.6 Å². The molecule has 0 atom stereocenters. The van der Waals surface area contributed by atoms with Gasteiger partial charge in [-0.15, -0.1) is 0 Å². The first-order chi connectivity index (χ1) is 48.5. The van der Waals surface area contributed by atoms with Gasteiger partial charge in [0, 0.05) is 101 Å². The summed E-state index contributed by atoms with van der Waals surface area (Å²) in [5.74, 6) is 0. The Morgan fingerprint density at radius 2 is 0.480 bits per heavy atom. The summed E-state index contributed by atoms with van der Waals surface area (Å²) in [5, 5.41) is 8.85. The molecule has 0 radical (unpaired) electrons. The zero-order valence-electron chi connectivity index (χ0n) is 52.9. The summed E-state index contributed by atoms with van der Waals surface area (Å²) in [4.78, 5) is 39.3. The zero-order valence-corrected chi connectivity index (χ0v) is 52.9. The molecule has 0 fully saturated rings. The summed E-state index contributed by atoms with van der Waals surface area (Å²) < 4.78 is 0. The number of nitrogens with zero attached hydrogens (tertiary/aromatic N) is 8. The minimum atomic E-state index is 0.914. The second-order valence-corrected chi connectivity index (χ2v) is 24.7. The van der Waals surface area contributed by atoms with Crippen molar-refractivity contribution in [1.82, 2.24) is 39.9 Å². The molecule has 19 aromatic rings. The van der Waals surface area contributed by atoms with Crippen molar-refractivity contribution < 1.29 is 0 Å². The van der Waals surface area contributed by atoms with Crippen LogP contribution in [-0.2, 0) is 0 Å². The van der Waals surface area contributed by atoms with Crippen LogP contribution in [0.5, 0.6) is 0 Å². The van der Waals surface area contributed by atoms with Crippen LogP contribution in [0.15, 0.2) is 340 Å². The predicted molar refractivity (Wildman–Crippen MR) is 404 cm³/mol. The predicted octanol–water partition coefficient (Wildman–Crippen LogP) is 22.8. The molecule has 11 aromatic carbocycles. The Morgan fingerprint density at radius 1 is 0.153 bits per heavy atom. The third kappa shape index (κ3) is 11.0. The SMILES string of the molecule is c1cc(-c2ccc3cc(-c4ccc5ccc(-c6cccc(-c7cccc8cccnc78)c6)nc5c4)ccc3n2)cc(-c2cccc3cccnc23)c1.c1ccc(-c2ccc3cc(-c4ccc5ccc(-c6cccc(-c7ccc8ccc9cccnc9c8n7)c6)nc5c4)ccc3n2)cc1. The summed E-state index contributed by atoms with van der Waals surface area (Å²) in [5.41, 5.74) is 26.8. The van der Waals surface area contributed by atoms with E-state index in [1.54, 1.807) is 0 Å². The third-order valence-electron chi connectivity index (χ3n) is 18.6. The van der Waals surface area contributed by atoms with Gasteiger partial charge in [-0.1, -0.05) is 218 Å². The molecule has 0 aliphatic heterocycles. The van der Waals surface area contributed by atoms with E-state index in [0.717, 1.165) is 188 Å². The van der Waals surface area contributed by atoms with Gasteiger partial charge in [-0.25, -0.2) is 24.9 Å². The fourth-order valence-corrected chi connectivity index (χ4v) is 13.5. The van der Waals surface area contributed by atoms with E-state index in [4.69, 9.17) is 24.9 Å². The van der Waals surface area contributed by atoms with Gasteiger partial charge in [0.2, 0.25) is 0 Å². The van der Waals surface area contributed by atoms with Gasteiger partial charge >= 0.3 is 0 Å². The van der Waals surface area contributed by atoms with Gasteiger partial charge in [0.1, 0.15) is 0 Å². The third-order valence-corrected chi connectivity index (χ3v) is 18.6. The average molecular weight is 1250 g/mol. The summed E-state index contributed by atoms with van der Waals surface area (Å²) in [6, 6.07) is 112. The summed E-state index contributed by atoms with van der Waals surface area (Å²) in [6.07, 6.45) is 5.53. The average Bonchev–Trinajstić information content (AvgIpc) is 0.799. The Balaban J connectivity index is 0.000000143. The van der Waals surface area contributed by atoms with Gasteiger partial charge in [-0.05, 0) is 137 Å². The van der Waals surface area contributed by atoms with Crippen molar-refractivity contribution in [2.24, 2.45) is 0 Å². The van der Waals surface area contributed by atoms with Crippen molar-refractivity contribution >= 4 is 87.2 Å². The van der Waals surface area contributed by atoms with Crippen LogP contribution in [0.2, 0.25) is 0 Å². The highest BCUT2D eigenvalue weighted by atomic mass is 14.8. The summed E-state index contributed by atoms with van der Waals surface area (Å²) in [6.45, 7) is 0. The van der Waals surface area contributed by atoms with E-state index in [2.05, 4.69) is 300 Å². The monoisotopic (exact) mass is 1250 g/mol.